The topological polar surface area (TPSA) is 69.7 Å². The summed E-state index contributed by atoms with van der Waals surface area (Å²) in [6.07, 6.45) is 4.55. The Balaban J connectivity index is 1.81. The van der Waals surface area contributed by atoms with Crippen LogP contribution in [-0.2, 0) is 4.79 Å². The van der Waals surface area contributed by atoms with E-state index in [4.69, 9.17) is 13.6 Å². The molecule has 0 aliphatic rings. The minimum absolute atomic E-state index is 0.0618. The van der Waals surface area contributed by atoms with E-state index < -0.39 is 5.63 Å². The lowest BCUT2D eigenvalue weighted by Gasteiger charge is -2.08. The van der Waals surface area contributed by atoms with Crippen molar-refractivity contribution in [3.63, 3.8) is 0 Å². The Bertz CT molecular complexity index is 1060. The van der Waals surface area contributed by atoms with Crippen LogP contribution in [0.15, 0.2) is 68.0 Å². The zero-order chi connectivity index (χ0) is 18.7. The van der Waals surface area contributed by atoms with Crippen molar-refractivity contribution in [2.24, 2.45) is 0 Å². The van der Waals surface area contributed by atoms with Gasteiger partial charge < -0.3 is 13.6 Å². The molecule has 5 nitrogen and oxygen atoms in total. The molecular formula is C21H20O5. The fourth-order valence-corrected chi connectivity index (χ4v) is 2.63. The molecule has 5 heteroatoms. The standard InChI is InChI=1S/C21H20O5/c1-13(2)17(22)6-4-14(3)8-10-25-21-19-16(9-11-24-19)12-15-5-7-18(23)26-20(15)21/h5,7-9,11-12H,1,4,6,10H2,2-3H3/b14-8+. The van der Waals surface area contributed by atoms with Crippen molar-refractivity contribution < 1.29 is 18.4 Å². The minimum Gasteiger partial charge on any atom is -0.482 e. The fraction of sp³-hybridized carbons (Fsp3) is 0.238. The molecule has 0 aliphatic heterocycles. The van der Waals surface area contributed by atoms with Gasteiger partial charge in [-0.25, -0.2) is 4.79 Å². The number of carbonyl (C=O) groups excluding carboxylic acids is 1. The highest BCUT2D eigenvalue weighted by Crippen LogP contribution is 2.34. The zero-order valence-electron chi connectivity index (χ0n) is 14.8. The Morgan fingerprint density at radius 1 is 1.15 bits per heavy atom. The lowest BCUT2D eigenvalue weighted by molar-refractivity contribution is -0.115. The summed E-state index contributed by atoms with van der Waals surface area (Å²) in [5, 5.41) is 1.63. The van der Waals surface area contributed by atoms with Gasteiger partial charge in [0.1, 0.15) is 6.61 Å². The van der Waals surface area contributed by atoms with Gasteiger partial charge in [-0.15, -0.1) is 0 Å². The maximum absolute atomic E-state index is 11.6. The lowest BCUT2D eigenvalue weighted by Crippen LogP contribution is -2.01. The maximum Gasteiger partial charge on any atom is 0.336 e. The second-order valence-electron chi connectivity index (χ2n) is 6.28. The van der Waals surface area contributed by atoms with Crippen LogP contribution in [0.2, 0.25) is 0 Å². The summed E-state index contributed by atoms with van der Waals surface area (Å²) < 4.78 is 16.7. The summed E-state index contributed by atoms with van der Waals surface area (Å²) in [5.74, 6) is 0.467. The van der Waals surface area contributed by atoms with Gasteiger partial charge in [0.05, 0.1) is 6.26 Å². The summed E-state index contributed by atoms with van der Waals surface area (Å²) >= 11 is 0. The molecular weight excluding hydrogens is 332 g/mol. The van der Waals surface area contributed by atoms with Crippen molar-refractivity contribution >= 4 is 27.7 Å². The van der Waals surface area contributed by atoms with E-state index >= 15 is 0 Å². The molecule has 0 fully saturated rings. The maximum atomic E-state index is 11.6. The molecule has 2 heterocycles. The number of rotatable bonds is 7. The number of allylic oxidation sites excluding steroid dienone is 2. The summed E-state index contributed by atoms with van der Waals surface area (Å²) in [6, 6.07) is 6.79. The summed E-state index contributed by atoms with van der Waals surface area (Å²) in [4.78, 5) is 23.2. The van der Waals surface area contributed by atoms with Crippen molar-refractivity contribution in [2.75, 3.05) is 6.61 Å². The van der Waals surface area contributed by atoms with Crippen LogP contribution < -0.4 is 10.4 Å². The van der Waals surface area contributed by atoms with Crippen molar-refractivity contribution in [3.05, 3.63) is 64.7 Å². The van der Waals surface area contributed by atoms with Crippen molar-refractivity contribution in [1.82, 2.24) is 0 Å². The molecule has 0 atom stereocenters. The number of hydrogen-bond acceptors (Lipinski definition) is 5. The first-order valence-electron chi connectivity index (χ1n) is 8.37. The normalized spacial score (nSPS) is 11.8. The van der Waals surface area contributed by atoms with Gasteiger partial charge in [-0.3, -0.25) is 4.79 Å². The number of ether oxygens (including phenoxy) is 1. The Kier molecular flexibility index (Phi) is 5.07. The molecule has 2 aromatic heterocycles. The number of hydrogen-bond donors (Lipinski definition) is 0. The van der Waals surface area contributed by atoms with Crippen LogP contribution in [0.4, 0.5) is 0 Å². The molecule has 0 aliphatic carbocycles. The Morgan fingerprint density at radius 3 is 2.69 bits per heavy atom. The van der Waals surface area contributed by atoms with Crippen LogP contribution in [0.1, 0.15) is 26.7 Å². The van der Waals surface area contributed by atoms with Crippen LogP contribution in [0.25, 0.3) is 21.9 Å². The average Bonchev–Trinajstić information content (AvgIpc) is 3.07. The van der Waals surface area contributed by atoms with Crippen LogP contribution in [-0.4, -0.2) is 12.4 Å². The first kappa shape index (κ1) is 17.7. The SMILES string of the molecule is C=C(C)C(=O)CC/C(C)=C/COc1c2occc2cc2ccc(=O)oc12. The van der Waals surface area contributed by atoms with Gasteiger partial charge in [0.25, 0.3) is 0 Å². The molecule has 0 saturated carbocycles. The third-order valence-electron chi connectivity index (χ3n) is 4.16. The summed E-state index contributed by atoms with van der Waals surface area (Å²) in [5.41, 5.74) is 2.06. The van der Waals surface area contributed by atoms with E-state index in [9.17, 15) is 9.59 Å². The van der Waals surface area contributed by atoms with E-state index in [-0.39, 0.29) is 12.4 Å². The van der Waals surface area contributed by atoms with Crippen molar-refractivity contribution in [2.45, 2.75) is 26.7 Å². The molecule has 0 N–H and O–H groups in total. The molecule has 3 aromatic rings. The minimum atomic E-state index is -0.446. The van der Waals surface area contributed by atoms with Crippen molar-refractivity contribution in [3.8, 4) is 5.75 Å². The number of furan rings is 1. The summed E-state index contributed by atoms with van der Waals surface area (Å²) in [7, 11) is 0. The molecule has 0 radical (unpaired) electrons. The fourth-order valence-electron chi connectivity index (χ4n) is 2.63. The van der Waals surface area contributed by atoms with Crippen LogP contribution in [0.5, 0.6) is 5.75 Å². The number of Topliss-reactive ketones (excluding diaryl/α,β-unsaturated/α-hetero) is 1. The number of fused-ring (bicyclic) bond motifs is 2. The Labute approximate surface area is 150 Å². The first-order chi connectivity index (χ1) is 12.5. The van der Waals surface area contributed by atoms with Gasteiger partial charge in [0.15, 0.2) is 16.9 Å². The number of carbonyl (C=O) groups is 1. The molecule has 0 bridgehead atoms. The van der Waals surface area contributed by atoms with Gasteiger partial charge in [-0.2, -0.15) is 0 Å². The van der Waals surface area contributed by atoms with E-state index in [1.54, 1.807) is 19.3 Å². The van der Waals surface area contributed by atoms with Crippen LogP contribution >= 0.6 is 0 Å². The molecule has 3 rings (SSSR count). The van der Waals surface area contributed by atoms with Gasteiger partial charge in [-0.1, -0.05) is 12.2 Å². The monoisotopic (exact) mass is 352 g/mol. The highest BCUT2D eigenvalue weighted by molar-refractivity contribution is 6.00. The van der Waals surface area contributed by atoms with Gasteiger partial charge in [0.2, 0.25) is 5.75 Å². The highest BCUT2D eigenvalue weighted by atomic mass is 16.5. The Morgan fingerprint density at radius 2 is 1.92 bits per heavy atom. The second-order valence-corrected chi connectivity index (χ2v) is 6.28. The first-order valence-corrected chi connectivity index (χ1v) is 8.37. The highest BCUT2D eigenvalue weighted by Gasteiger charge is 2.14. The molecule has 0 saturated heterocycles. The zero-order valence-corrected chi connectivity index (χ0v) is 14.8. The van der Waals surface area contributed by atoms with E-state index in [2.05, 4.69) is 6.58 Å². The van der Waals surface area contributed by atoms with Gasteiger partial charge in [-0.05, 0) is 50.1 Å². The molecule has 0 unspecified atom stereocenters. The molecule has 134 valence electrons. The smallest absolute Gasteiger partial charge is 0.336 e. The van der Waals surface area contributed by atoms with E-state index in [1.165, 1.54) is 6.07 Å². The molecule has 0 spiro atoms. The molecule has 26 heavy (non-hydrogen) atoms. The van der Waals surface area contributed by atoms with E-state index in [1.807, 2.05) is 25.1 Å². The van der Waals surface area contributed by atoms with Crippen molar-refractivity contribution in [1.29, 1.82) is 0 Å². The average molecular weight is 352 g/mol. The second kappa shape index (κ2) is 7.44. The number of benzene rings is 1. The predicted molar refractivity (Wildman–Crippen MR) is 101 cm³/mol. The third-order valence-corrected chi connectivity index (χ3v) is 4.16. The molecule has 0 amide bonds. The quantitative estimate of drug-likeness (QED) is 0.347. The largest absolute Gasteiger partial charge is 0.482 e. The lowest BCUT2D eigenvalue weighted by atomic mass is 10.1. The van der Waals surface area contributed by atoms with Gasteiger partial charge >= 0.3 is 5.63 Å². The van der Waals surface area contributed by atoms with Crippen LogP contribution in [0, 0.1) is 0 Å². The molecule has 1 aromatic carbocycles. The third kappa shape index (κ3) is 3.77. The van der Waals surface area contributed by atoms with Gasteiger partial charge in [0, 0.05) is 23.3 Å². The number of ketones is 1. The van der Waals surface area contributed by atoms with E-state index in [0.29, 0.717) is 35.3 Å². The predicted octanol–water partition coefficient (Wildman–Crippen LogP) is 4.79. The Hall–Kier alpha value is -3.08. The van der Waals surface area contributed by atoms with Crippen LogP contribution in [0.3, 0.4) is 0 Å². The summed E-state index contributed by atoms with van der Waals surface area (Å²) in [6.45, 7) is 7.59. The van der Waals surface area contributed by atoms with E-state index in [0.717, 1.165) is 16.3 Å².